The van der Waals surface area contributed by atoms with Crippen molar-refractivity contribution < 1.29 is 0 Å². The standard InChI is InChI=1S/C15H24BrN3/c1-11-9-14(12(16)10-13(11)17)18-5-7-19(8-6-18)15(2,3)4/h9-10H,5-8,17H2,1-4H3. The Kier molecular flexibility index (Phi) is 4.11. The summed E-state index contributed by atoms with van der Waals surface area (Å²) >= 11 is 3.64. The van der Waals surface area contributed by atoms with E-state index in [0.717, 1.165) is 41.9 Å². The van der Waals surface area contributed by atoms with Crippen LogP contribution in [0.5, 0.6) is 0 Å². The fraction of sp³-hybridized carbons (Fsp3) is 0.600. The highest BCUT2D eigenvalue weighted by atomic mass is 79.9. The molecule has 0 bridgehead atoms. The summed E-state index contributed by atoms with van der Waals surface area (Å²) < 4.78 is 1.10. The number of nitrogen functional groups attached to an aromatic ring is 1. The molecule has 2 N–H and O–H groups in total. The Labute approximate surface area is 124 Å². The summed E-state index contributed by atoms with van der Waals surface area (Å²) in [6.45, 7) is 13.3. The van der Waals surface area contributed by atoms with E-state index >= 15 is 0 Å². The lowest BCUT2D eigenvalue weighted by Crippen LogP contribution is -2.53. The maximum absolute atomic E-state index is 5.94. The zero-order chi connectivity index (χ0) is 14.2. The predicted molar refractivity (Wildman–Crippen MR) is 86.8 cm³/mol. The molecule has 0 aliphatic carbocycles. The molecule has 1 aromatic carbocycles. The molecule has 1 fully saturated rings. The van der Waals surface area contributed by atoms with E-state index in [4.69, 9.17) is 5.73 Å². The Hall–Kier alpha value is -0.740. The predicted octanol–water partition coefficient (Wildman–Crippen LogP) is 3.26. The third kappa shape index (κ3) is 3.23. The number of hydrogen-bond donors (Lipinski definition) is 1. The molecule has 1 aromatic rings. The average molecular weight is 326 g/mol. The zero-order valence-electron chi connectivity index (χ0n) is 12.3. The quantitative estimate of drug-likeness (QED) is 0.804. The Morgan fingerprint density at radius 3 is 2.21 bits per heavy atom. The first-order chi connectivity index (χ1) is 8.79. The second-order valence-corrected chi connectivity index (χ2v) is 7.16. The molecule has 1 saturated heterocycles. The van der Waals surface area contributed by atoms with E-state index in [1.165, 1.54) is 5.69 Å². The maximum Gasteiger partial charge on any atom is 0.0515 e. The minimum absolute atomic E-state index is 0.264. The molecule has 0 saturated carbocycles. The van der Waals surface area contributed by atoms with Gasteiger partial charge in [0.05, 0.1) is 5.69 Å². The number of rotatable bonds is 1. The van der Waals surface area contributed by atoms with E-state index < -0.39 is 0 Å². The van der Waals surface area contributed by atoms with Crippen LogP contribution in [0.15, 0.2) is 16.6 Å². The lowest BCUT2D eigenvalue weighted by molar-refractivity contribution is 0.128. The van der Waals surface area contributed by atoms with Gasteiger partial charge >= 0.3 is 0 Å². The van der Waals surface area contributed by atoms with E-state index in [0.29, 0.717) is 0 Å². The van der Waals surface area contributed by atoms with Gasteiger partial charge in [0.15, 0.2) is 0 Å². The number of anilines is 2. The molecule has 4 heteroatoms. The number of halogens is 1. The Morgan fingerprint density at radius 2 is 1.68 bits per heavy atom. The van der Waals surface area contributed by atoms with Gasteiger partial charge in [-0.1, -0.05) is 0 Å². The third-order valence-electron chi connectivity index (χ3n) is 3.90. The summed E-state index contributed by atoms with van der Waals surface area (Å²) in [6, 6.07) is 4.20. The van der Waals surface area contributed by atoms with Gasteiger partial charge < -0.3 is 10.6 Å². The van der Waals surface area contributed by atoms with Gasteiger partial charge in [-0.15, -0.1) is 0 Å². The normalized spacial score (nSPS) is 17.8. The van der Waals surface area contributed by atoms with Crippen LogP contribution in [0.25, 0.3) is 0 Å². The van der Waals surface area contributed by atoms with Crippen molar-refractivity contribution in [2.45, 2.75) is 33.2 Å². The fourth-order valence-corrected chi connectivity index (χ4v) is 3.15. The fourth-order valence-electron chi connectivity index (χ4n) is 2.54. The summed E-state index contributed by atoms with van der Waals surface area (Å²) in [4.78, 5) is 4.99. The second kappa shape index (κ2) is 5.33. The van der Waals surface area contributed by atoms with Crippen molar-refractivity contribution in [1.29, 1.82) is 0 Å². The first-order valence-electron chi connectivity index (χ1n) is 6.84. The van der Waals surface area contributed by atoms with Crippen molar-refractivity contribution in [3.05, 3.63) is 22.2 Å². The van der Waals surface area contributed by atoms with E-state index in [1.807, 2.05) is 6.07 Å². The highest BCUT2D eigenvalue weighted by Gasteiger charge is 2.26. The van der Waals surface area contributed by atoms with Crippen LogP contribution in [0.4, 0.5) is 11.4 Å². The first-order valence-corrected chi connectivity index (χ1v) is 7.64. The third-order valence-corrected chi connectivity index (χ3v) is 4.54. The smallest absolute Gasteiger partial charge is 0.0515 e. The molecule has 0 atom stereocenters. The Balaban J connectivity index is 2.12. The van der Waals surface area contributed by atoms with Crippen LogP contribution in [0, 0.1) is 6.92 Å². The molecule has 3 nitrogen and oxygen atoms in total. The van der Waals surface area contributed by atoms with Crippen molar-refractivity contribution in [3.63, 3.8) is 0 Å². The number of nitrogens with two attached hydrogens (primary N) is 1. The maximum atomic E-state index is 5.94. The van der Waals surface area contributed by atoms with Gasteiger partial charge in [-0.3, -0.25) is 4.90 Å². The van der Waals surface area contributed by atoms with E-state index in [-0.39, 0.29) is 5.54 Å². The second-order valence-electron chi connectivity index (χ2n) is 6.31. The highest BCUT2D eigenvalue weighted by molar-refractivity contribution is 9.10. The van der Waals surface area contributed by atoms with E-state index in [9.17, 15) is 0 Å². The lowest BCUT2D eigenvalue weighted by atomic mass is 10.0. The van der Waals surface area contributed by atoms with Crippen molar-refractivity contribution in [3.8, 4) is 0 Å². The molecular formula is C15H24BrN3. The molecule has 1 aliphatic heterocycles. The molecular weight excluding hydrogens is 302 g/mol. The van der Waals surface area contributed by atoms with Gasteiger partial charge in [0.2, 0.25) is 0 Å². The van der Waals surface area contributed by atoms with Crippen LogP contribution in [0.1, 0.15) is 26.3 Å². The number of piperazine rings is 1. The SMILES string of the molecule is Cc1cc(N2CCN(C(C)(C)C)CC2)c(Br)cc1N. The van der Waals surface area contributed by atoms with Crippen molar-refractivity contribution in [1.82, 2.24) is 4.90 Å². The molecule has 0 radical (unpaired) electrons. The van der Waals surface area contributed by atoms with Gasteiger partial charge in [0, 0.05) is 41.9 Å². The highest BCUT2D eigenvalue weighted by Crippen LogP contribution is 2.32. The Morgan fingerprint density at radius 1 is 1.11 bits per heavy atom. The monoisotopic (exact) mass is 325 g/mol. The minimum Gasteiger partial charge on any atom is -0.398 e. The van der Waals surface area contributed by atoms with Gasteiger partial charge in [-0.2, -0.15) is 0 Å². The van der Waals surface area contributed by atoms with Gasteiger partial charge in [-0.05, 0) is 61.3 Å². The van der Waals surface area contributed by atoms with Gasteiger partial charge in [0.1, 0.15) is 0 Å². The van der Waals surface area contributed by atoms with Crippen LogP contribution in [0.2, 0.25) is 0 Å². The number of nitrogens with zero attached hydrogens (tertiary/aromatic N) is 2. The summed E-state index contributed by atoms with van der Waals surface area (Å²) in [5, 5.41) is 0. The minimum atomic E-state index is 0.264. The van der Waals surface area contributed by atoms with Crippen molar-refractivity contribution in [2.75, 3.05) is 36.8 Å². The van der Waals surface area contributed by atoms with Crippen LogP contribution >= 0.6 is 15.9 Å². The summed E-state index contributed by atoms with van der Waals surface area (Å²) in [5.41, 5.74) is 9.47. The van der Waals surface area contributed by atoms with E-state index in [2.05, 4.69) is 59.5 Å². The first kappa shape index (κ1) is 14.7. The summed E-state index contributed by atoms with van der Waals surface area (Å²) in [7, 11) is 0. The zero-order valence-corrected chi connectivity index (χ0v) is 13.9. The lowest BCUT2D eigenvalue weighted by Gasteiger charge is -2.43. The topological polar surface area (TPSA) is 32.5 Å². The largest absolute Gasteiger partial charge is 0.398 e. The van der Waals surface area contributed by atoms with E-state index in [1.54, 1.807) is 0 Å². The van der Waals surface area contributed by atoms with Crippen LogP contribution in [-0.2, 0) is 0 Å². The van der Waals surface area contributed by atoms with Crippen LogP contribution < -0.4 is 10.6 Å². The molecule has 2 rings (SSSR count). The van der Waals surface area contributed by atoms with Gasteiger partial charge in [-0.25, -0.2) is 0 Å². The Bertz CT molecular complexity index is 457. The van der Waals surface area contributed by atoms with Crippen molar-refractivity contribution >= 4 is 27.3 Å². The number of benzene rings is 1. The molecule has 19 heavy (non-hydrogen) atoms. The van der Waals surface area contributed by atoms with Crippen LogP contribution in [0.3, 0.4) is 0 Å². The molecule has 1 aliphatic rings. The molecule has 0 unspecified atom stereocenters. The molecule has 0 amide bonds. The average Bonchev–Trinajstić information content (AvgIpc) is 2.33. The summed E-state index contributed by atoms with van der Waals surface area (Å²) in [5.74, 6) is 0. The number of hydrogen-bond acceptors (Lipinski definition) is 3. The molecule has 0 spiro atoms. The number of aryl methyl sites for hydroxylation is 1. The summed E-state index contributed by atoms with van der Waals surface area (Å²) in [6.07, 6.45) is 0. The van der Waals surface area contributed by atoms with Gasteiger partial charge in [0.25, 0.3) is 0 Å². The molecule has 0 aromatic heterocycles. The molecule has 1 heterocycles. The van der Waals surface area contributed by atoms with Crippen LogP contribution in [-0.4, -0.2) is 36.6 Å². The molecule has 106 valence electrons. The van der Waals surface area contributed by atoms with Crippen molar-refractivity contribution in [2.24, 2.45) is 0 Å².